The van der Waals surface area contributed by atoms with Crippen molar-refractivity contribution in [1.82, 2.24) is 4.90 Å². The summed E-state index contributed by atoms with van der Waals surface area (Å²) in [7, 11) is 1.68. The van der Waals surface area contributed by atoms with Gasteiger partial charge in [-0.05, 0) is 62.9 Å². The molecule has 2 unspecified atom stereocenters. The van der Waals surface area contributed by atoms with E-state index in [1.54, 1.807) is 7.11 Å². The molecule has 0 bridgehead atoms. The topological polar surface area (TPSA) is 32.7 Å². The smallest absolute Gasteiger partial charge is 0.119 e. The summed E-state index contributed by atoms with van der Waals surface area (Å²) in [6, 6.07) is 8.27. The molecule has 0 radical (unpaired) electrons. The molecule has 0 aromatic heterocycles. The van der Waals surface area contributed by atoms with E-state index in [9.17, 15) is 5.11 Å². The maximum Gasteiger partial charge on any atom is 0.119 e. The average Bonchev–Trinajstić information content (AvgIpc) is 2.68. The number of nitrogens with zero attached hydrogens (tertiary/aromatic N) is 1. The van der Waals surface area contributed by atoms with Crippen LogP contribution in [0.4, 0.5) is 0 Å². The van der Waals surface area contributed by atoms with Crippen LogP contribution >= 0.6 is 0 Å². The Bertz CT molecular complexity index is 462. The van der Waals surface area contributed by atoms with Crippen molar-refractivity contribution in [2.75, 3.05) is 20.2 Å². The second kappa shape index (κ2) is 5.74. The van der Waals surface area contributed by atoms with Crippen LogP contribution in [0.1, 0.15) is 44.1 Å². The minimum Gasteiger partial charge on any atom is -0.497 e. The van der Waals surface area contributed by atoms with Crippen LogP contribution in [-0.2, 0) is 5.60 Å². The normalized spacial score (nSPS) is 31.4. The summed E-state index contributed by atoms with van der Waals surface area (Å²) >= 11 is 0. The van der Waals surface area contributed by atoms with Crippen LogP contribution in [0.25, 0.3) is 0 Å². The Kier molecular flexibility index (Phi) is 3.99. The number of benzene rings is 1. The van der Waals surface area contributed by atoms with E-state index in [0.29, 0.717) is 0 Å². The first-order chi connectivity index (χ1) is 9.74. The molecule has 2 aliphatic rings. The first-order valence-corrected chi connectivity index (χ1v) is 7.85. The third kappa shape index (κ3) is 2.45. The summed E-state index contributed by atoms with van der Waals surface area (Å²) in [6.07, 6.45) is 6.76. The van der Waals surface area contributed by atoms with Crippen molar-refractivity contribution >= 4 is 0 Å². The lowest BCUT2D eigenvalue weighted by molar-refractivity contribution is -0.0630. The maximum absolute atomic E-state index is 11.4. The van der Waals surface area contributed by atoms with Gasteiger partial charge in [0.1, 0.15) is 11.4 Å². The van der Waals surface area contributed by atoms with Crippen molar-refractivity contribution < 1.29 is 9.84 Å². The molecule has 3 nitrogen and oxygen atoms in total. The lowest BCUT2D eigenvalue weighted by Gasteiger charge is -2.44. The predicted octanol–water partition coefficient (Wildman–Crippen LogP) is 2.92. The van der Waals surface area contributed by atoms with Gasteiger partial charge in [0.15, 0.2) is 0 Å². The highest BCUT2D eigenvalue weighted by Gasteiger charge is 2.43. The molecule has 1 N–H and O–H groups in total. The summed E-state index contributed by atoms with van der Waals surface area (Å²) in [4.78, 5) is 2.51. The van der Waals surface area contributed by atoms with Gasteiger partial charge >= 0.3 is 0 Å². The molecule has 2 heterocycles. The van der Waals surface area contributed by atoms with Crippen molar-refractivity contribution in [1.29, 1.82) is 0 Å². The minimum atomic E-state index is -0.717. The number of piperidine rings is 1. The molecule has 3 heteroatoms. The van der Waals surface area contributed by atoms with Crippen LogP contribution in [0.3, 0.4) is 0 Å². The Balaban J connectivity index is 1.97. The molecule has 0 spiro atoms. The van der Waals surface area contributed by atoms with Gasteiger partial charge in [0.2, 0.25) is 0 Å². The Morgan fingerprint density at radius 2 is 2.00 bits per heavy atom. The van der Waals surface area contributed by atoms with Crippen LogP contribution in [0.5, 0.6) is 5.75 Å². The number of hydrogen-bond donors (Lipinski definition) is 1. The highest BCUT2D eigenvalue weighted by Crippen LogP contribution is 2.41. The highest BCUT2D eigenvalue weighted by molar-refractivity contribution is 5.34. The quantitative estimate of drug-likeness (QED) is 0.901. The highest BCUT2D eigenvalue weighted by atomic mass is 16.5. The second-order valence-electron chi connectivity index (χ2n) is 6.16. The van der Waals surface area contributed by atoms with E-state index in [1.165, 1.54) is 19.3 Å². The van der Waals surface area contributed by atoms with E-state index >= 15 is 0 Å². The first-order valence-electron chi connectivity index (χ1n) is 7.85. The largest absolute Gasteiger partial charge is 0.497 e. The standard InChI is InChI=1S/C17H25NO2/c1-20-15-8-6-7-14(13-15)17(19)10-3-5-12-18-11-4-2-9-16(17)18/h6-8,13,16,19H,2-5,9-12H2,1H3. The van der Waals surface area contributed by atoms with Gasteiger partial charge in [0, 0.05) is 6.04 Å². The maximum atomic E-state index is 11.4. The SMILES string of the molecule is COc1cccc(C2(O)CCCCN3CCCCC32)c1. The fraction of sp³-hybridized carbons (Fsp3) is 0.647. The van der Waals surface area contributed by atoms with Gasteiger partial charge in [-0.15, -0.1) is 0 Å². The zero-order valence-electron chi connectivity index (χ0n) is 12.3. The van der Waals surface area contributed by atoms with E-state index in [1.807, 2.05) is 18.2 Å². The van der Waals surface area contributed by atoms with E-state index in [0.717, 1.165) is 43.7 Å². The van der Waals surface area contributed by atoms with E-state index in [4.69, 9.17) is 4.74 Å². The average molecular weight is 275 g/mol. The van der Waals surface area contributed by atoms with Gasteiger partial charge in [0.25, 0.3) is 0 Å². The summed E-state index contributed by atoms with van der Waals surface area (Å²) in [6.45, 7) is 2.27. The van der Waals surface area contributed by atoms with E-state index in [-0.39, 0.29) is 6.04 Å². The lowest BCUT2D eigenvalue weighted by Crippen LogP contribution is -2.51. The van der Waals surface area contributed by atoms with Gasteiger partial charge in [-0.25, -0.2) is 0 Å². The summed E-state index contributed by atoms with van der Waals surface area (Å²) in [5, 5.41) is 11.4. The molecule has 0 aliphatic carbocycles. The molecule has 2 saturated heterocycles. The van der Waals surface area contributed by atoms with Crippen LogP contribution in [0, 0.1) is 0 Å². The van der Waals surface area contributed by atoms with Gasteiger partial charge in [-0.3, -0.25) is 4.90 Å². The molecule has 110 valence electrons. The summed E-state index contributed by atoms with van der Waals surface area (Å²) in [5.41, 5.74) is 0.307. The van der Waals surface area contributed by atoms with Crippen molar-refractivity contribution in [3.8, 4) is 5.75 Å². The summed E-state index contributed by atoms with van der Waals surface area (Å²) in [5.74, 6) is 0.836. The number of aliphatic hydroxyl groups is 1. The molecule has 3 rings (SSSR count). The molecule has 1 aromatic carbocycles. The van der Waals surface area contributed by atoms with Gasteiger partial charge < -0.3 is 9.84 Å². The molecule has 0 saturated carbocycles. The van der Waals surface area contributed by atoms with Crippen LogP contribution < -0.4 is 4.74 Å². The summed E-state index contributed by atoms with van der Waals surface area (Å²) < 4.78 is 5.33. The zero-order chi connectivity index (χ0) is 14.0. The van der Waals surface area contributed by atoms with Crippen LogP contribution in [0.15, 0.2) is 24.3 Å². The number of ether oxygens (including phenoxy) is 1. The van der Waals surface area contributed by atoms with Gasteiger partial charge in [-0.1, -0.05) is 18.6 Å². The van der Waals surface area contributed by atoms with E-state index < -0.39 is 5.60 Å². The molecule has 1 aromatic rings. The number of methoxy groups -OCH3 is 1. The molecule has 2 atom stereocenters. The van der Waals surface area contributed by atoms with Crippen molar-refractivity contribution in [2.45, 2.75) is 50.2 Å². The zero-order valence-corrected chi connectivity index (χ0v) is 12.3. The molecule has 20 heavy (non-hydrogen) atoms. The van der Waals surface area contributed by atoms with Crippen molar-refractivity contribution in [3.05, 3.63) is 29.8 Å². The number of hydrogen-bond acceptors (Lipinski definition) is 3. The molecular formula is C17H25NO2. The van der Waals surface area contributed by atoms with Crippen molar-refractivity contribution in [3.63, 3.8) is 0 Å². The Labute approximate surface area is 121 Å². The number of fused-ring (bicyclic) bond motifs is 1. The molecule has 0 amide bonds. The monoisotopic (exact) mass is 275 g/mol. The molecule has 2 fully saturated rings. The minimum absolute atomic E-state index is 0.269. The van der Waals surface area contributed by atoms with Crippen LogP contribution in [-0.4, -0.2) is 36.2 Å². The Morgan fingerprint density at radius 1 is 1.20 bits per heavy atom. The van der Waals surface area contributed by atoms with E-state index in [2.05, 4.69) is 11.0 Å². The fourth-order valence-electron chi connectivity index (χ4n) is 3.90. The van der Waals surface area contributed by atoms with Crippen LogP contribution in [0.2, 0.25) is 0 Å². The first kappa shape index (κ1) is 13.9. The number of rotatable bonds is 2. The predicted molar refractivity (Wildman–Crippen MR) is 80.0 cm³/mol. The molecular weight excluding hydrogens is 250 g/mol. The third-order valence-corrected chi connectivity index (χ3v) is 4.99. The van der Waals surface area contributed by atoms with Gasteiger partial charge in [-0.2, -0.15) is 0 Å². The fourth-order valence-corrected chi connectivity index (χ4v) is 3.90. The third-order valence-electron chi connectivity index (χ3n) is 4.99. The molecule has 2 aliphatic heterocycles. The lowest BCUT2D eigenvalue weighted by atomic mass is 9.79. The van der Waals surface area contributed by atoms with Crippen molar-refractivity contribution in [2.24, 2.45) is 0 Å². The second-order valence-corrected chi connectivity index (χ2v) is 6.16. The Hall–Kier alpha value is -1.06. The Morgan fingerprint density at radius 3 is 2.80 bits per heavy atom. The van der Waals surface area contributed by atoms with Gasteiger partial charge in [0.05, 0.1) is 7.11 Å².